The summed E-state index contributed by atoms with van der Waals surface area (Å²) in [7, 11) is 1.50. The van der Waals surface area contributed by atoms with Crippen LogP contribution < -0.4 is 15.5 Å². The fraction of sp³-hybridized carbons (Fsp3) is 0.400. The van der Waals surface area contributed by atoms with Crippen LogP contribution in [0.5, 0.6) is 5.75 Å². The average molecular weight is 419 g/mol. The summed E-state index contributed by atoms with van der Waals surface area (Å²) in [5.74, 6) is -0.102. The van der Waals surface area contributed by atoms with Gasteiger partial charge in [0.05, 0.1) is 23.9 Å². The van der Waals surface area contributed by atoms with Gasteiger partial charge in [0.1, 0.15) is 6.61 Å². The summed E-state index contributed by atoms with van der Waals surface area (Å²) in [4.78, 5) is 34.8. The summed E-state index contributed by atoms with van der Waals surface area (Å²) in [6.07, 6.45) is 0.465. The van der Waals surface area contributed by atoms with Crippen molar-refractivity contribution in [2.45, 2.75) is 39.1 Å². The van der Waals surface area contributed by atoms with Crippen LogP contribution in [-0.4, -0.2) is 34.4 Å². The number of aromatic nitrogens is 1. The van der Waals surface area contributed by atoms with Gasteiger partial charge in [0.15, 0.2) is 5.75 Å². The Morgan fingerprint density at radius 2 is 2.03 bits per heavy atom. The van der Waals surface area contributed by atoms with E-state index in [9.17, 15) is 24.8 Å². The van der Waals surface area contributed by atoms with Gasteiger partial charge >= 0.3 is 6.09 Å². The van der Waals surface area contributed by atoms with Crippen molar-refractivity contribution >= 4 is 6.09 Å². The zero-order valence-electron chi connectivity index (χ0n) is 16.9. The fourth-order valence-electron chi connectivity index (χ4n) is 3.08. The molecule has 0 fully saturated rings. The molecule has 0 spiro atoms. The van der Waals surface area contributed by atoms with E-state index in [0.717, 1.165) is 5.56 Å². The number of hydrogen-bond acceptors (Lipinski definition) is 6. The maximum atomic E-state index is 13.0. The lowest BCUT2D eigenvalue weighted by molar-refractivity contribution is -0.497. The standard InChI is InChI=1S/C20H25N3O7/c1-3-16(21-20(25)26)17-19(30-13-14-7-5-4-6-8-14)18(24)15(12-23(27)28)11-22(17)9-10-29-2/h4-8,11,16,21H,3,9-10,12-13H2,1-2H3,(H,25,26). The Labute approximate surface area is 173 Å². The Hall–Kier alpha value is -3.40. The maximum Gasteiger partial charge on any atom is 0.405 e. The summed E-state index contributed by atoms with van der Waals surface area (Å²) in [5, 5.41) is 22.7. The molecule has 0 aliphatic heterocycles. The van der Waals surface area contributed by atoms with Crippen LogP contribution in [0.15, 0.2) is 41.3 Å². The molecule has 1 amide bonds. The van der Waals surface area contributed by atoms with Crippen LogP contribution in [0.1, 0.15) is 36.2 Å². The first-order valence-corrected chi connectivity index (χ1v) is 9.40. The number of benzene rings is 1. The smallest absolute Gasteiger partial charge is 0.405 e. The Bertz CT molecular complexity index is 928. The van der Waals surface area contributed by atoms with Gasteiger partial charge in [-0.3, -0.25) is 14.9 Å². The highest BCUT2D eigenvalue weighted by atomic mass is 16.6. The lowest BCUT2D eigenvalue weighted by atomic mass is 10.1. The third kappa shape index (κ3) is 6.05. The second kappa shape index (κ2) is 11.0. The van der Waals surface area contributed by atoms with Crippen molar-refractivity contribution < 1.29 is 24.3 Å². The molecule has 2 N–H and O–H groups in total. The minimum Gasteiger partial charge on any atom is -0.483 e. The van der Waals surface area contributed by atoms with Crippen molar-refractivity contribution in [2.75, 3.05) is 13.7 Å². The monoisotopic (exact) mass is 419 g/mol. The van der Waals surface area contributed by atoms with Gasteiger partial charge in [0, 0.05) is 24.8 Å². The number of ether oxygens (including phenoxy) is 2. The van der Waals surface area contributed by atoms with Crippen LogP contribution in [0.4, 0.5) is 4.79 Å². The van der Waals surface area contributed by atoms with E-state index in [4.69, 9.17) is 9.47 Å². The maximum absolute atomic E-state index is 13.0. The first kappa shape index (κ1) is 22.9. The highest BCUT2D eigenvalue weighted by molar-refractivity contribution is 5.65. The molecule has 1 aromatic carbocycles. The highest BCUT2D eigenvalue weighted by Gasteiger charge is 2.26. The molecule has 0 radical (unpaired) electrons. The van der Waals surface area contributed by atoms with Gasteiger partial charge < -0.3 is 24.5 Å². The van der Waals surface area contributed by atoms with Crippen molar-refractivity contribution in [1.29, 1.82) is 0 Å². The molecule has 1 aromatic heterocycles. The van der Waals surface area contributed by atoms with E-state index in [1.54, 1.807) is 11.5 Å². The predicted octanol–water partition coefficient (Wildman–Crippen LogP) is 2.57. The van der Waals surface area contributed by atoms with E-state index in [-0.39, 0.29) is 31.1 Å². The number of nitro groups is 1. The van der Waals surface area contributed by atoms with Crippen molar-refractivity contribution in [3.05, 3.63) is 73.7 Å². The Balaban J connectivity index is 2.61. The number of amides is 1. The summed E-state index contributed by atoms with van der Waals surface area (Å²) >= 11 is 0. The summed E-state index contributed by atoms with van der Waals surface area (Å²) in [6, 6.07) is 8.37. The normalized spacial score (nSPS) is 11.7. The number of nitrogens with zero attached hydrogens (tertiary/aromatic N) is 2. The van der Waals surface area contributed by atoms with Crippen LogP contribution in [0.3, 0.4) is 0 Å². The zero-order valence-corrected chi connectivity index (χ0v) is 16.9. The number of methoxy groups -OCH3 is 1. The molecular formula is C20H25N3O7. The van der Waals surface area contributed by atoms with Gasteiger partial charge in [-0.15, -0.1) is 0 Å². The van der Waals surface area contributed by atoms with Gasteiger partial charge in [-0.1, -0.05) is 37.3 Å². The Kier molecular flexibility index (Phi) is 8.36. The molecule has 2 aromatic rings. The highest BCUT2D eigenvalue weighted by Crippen LogP contribution is 2.27. The van der Waals surface area contributed by atoms with E-state index >= 15 is 0 Å². The number of hydrogen-bond donors (Lipinski definition) is 2. The van der Waals surface area contributed by atoms with E-state index in [2.05, 4.69) is 5.32 Å². The van der Waals surface area contributed by atoms with Crippen molar-refractivity contribution in [3.8, 4) is 5.75 Å². The number of carboxylic acid groups (broad SMARTS) is 1. The van der Waals surface area contributed by atoms with E-state index in [1.807, 2.05) is 30.3 Å². The van der Waals surface area contributed by atoms with Gasteiger partial charge in [-0.2, -0.15) is 0 Å². The van der Waals surface area contributed by atoms with Crippen molar-refractivity contribution in [2.24, 2.45) is 0 Å². The first-order chi connectivity index (χ1) is 14.4. The predicted molar refractivity (Wildman–Crippen MR) is 108 cm³/mol. The molecule has 10 heteroatoms. The molecule has 1 unspecified atom stereocenters. The molecule has 2 rings (SSSR count). The average Bonchev–Trinajstić information content (AvgIpc) is 2.71. The second-order valence-electron chi connectivity index (χ2n) is 6.56. The zero-order chi connectivity index (χ0) is 22.1. The van der Waals surface area contributed by atoms with E-state index < -0.39 is 29.0 Å². The van der Waals surface area contributed by atoms with Crippen LogP contribution >= 0.6 is 0 Å². The first-order valence-electron chi connectivity index (χ1n) is 9.40. The molecule has 1 heterocycles. The Morgan fingerprint density at radius 1 is 1.33 bits per heavy atom. The topological polar surface area (TPSA) is 133 Å². The van der Waals surface area contributed by atoms with Crippen molar-refractivity contribution in [3.63, 3.8) is 0 Å². The molecule has 0 bridgehead atoms. The minimum atomic E-state index is -1.25. The SMILES string of the molecule is CCC(NC(=O)O)c1c(OCc2ccccc2)c(=O)c(C[N+](=O)[O-])cn1CCOC. The number of rotatable bonds is 11. The van der Waals surface area contributed by atoms with Crippen LogP contribution in [0.25, 0.3) is 0 Å². The van der Waals surface area contributed by atoms with Crippen LogP contribution in [0, 0.1) is 10.1 Å². The molecule has 0 aliphatic rings. The molecule has 30 heavy (non-hydrogen) atoms. The third-order valence-electron chi connectivity index (χ3n) is 4.45. The largest absolute Gasteiger partial charge is 0.483 e. The number of carbonyl (C=O) groups is 1. The summed E-state index contributed by atoms with van der Waals surface area (Å²) in [5.41, 5.74) is 0.431. The molecule has 0 saturated carbocycles. The number of pyridine rings is 1. The van der Waals surface area contributed by atoms with Gasteiger partial charge in [-0.05, 0) is 12.0 Å². The quantitative estimate of drug-likeness (QED) is 0.422. The van der Waals surface area contributed by atoms with E-state index in [1.165, 1.54) is 13.3 Å². The van der Waals surface area contributed by atoms with Gasteiger partial charge in [-0.25, -0.2) is 4.79 Å². The van der Waals surface area contributed by atoms with Crippen molar-refractivity contribution in [1.82, 2.24) is 9.88 Å². The molecule has 10 nitrogen and oxygen atoms in total. The van der Waals surface area contributed by atoms with E-state index in [0.29, 0.717) is 12.1 Å². The van der Waals surface area contributed by atoms with Gasteiger partial charge in [0.25, 0.3) is 0 Å². The summed E-state index contributed by atoms with van der Waals surface area (Å²) < 4.78 is 12.5. The lowest BCUT2D eigenvalue weighted by Crippen LogP contribution is -2.32. The second-order valence-corrected chi connectivity index (χ2v) is 6.56. The third-order valence-corrected chi connectivity index (χ3v) is 4.45. The molecule has 0 saturated heterocycles. The molecule has 1 atom stereocenters. The molecular weight excluding hydrogens is 394 g/mol. The number of nitrogens with one attached hydrogen (secondary N) is 1. The molecule has 162 valence electrons. The van der Waals surface area contributed by atoms with Crippen LogP contribution in [-0.2, 0) is 24.4 Å². The summed E-state index contributed by atoms with van der Waals surface area (Å²) in [6.45, 7) is 1.67. The van der Waals surface area contributed by atoms with Crippen LogP contribution in [0.2, 0.25) is 0 Å². The van der Waals surface area contributed by atoms with Gasteiger partial charge in [0.2, 0.25) is 12.0 Å². The fourth-order valence-corrected chi connectivity index (χ4v) is 3.08. The minimum absolute atomic E-state index is 0.0481. The Morgan fingerprint density at radius 3 is 2.60 bits per heavy atom. The lowest BCUT2D eigenvalue weighted by Gasteiger charge is -2.24. The molecule has 0 aliphatic carbocycles.